The predicted octanol–water partition coefficient (Wildman–Crippen LogP) is 4.40. The molecule has 1 unspecified atom stereocenters. The number of nitrogens with zero attached hydrogens (tertiary/aromatic N) is 2. The van der Waals surface area contributed by atoms with Crippen LogP contribution >= 0.6 is 0 Å². The topological polar surface area (TPSA) is 53.4 Å². The van der Waals surface area contributed by atoms with E-state index in [2.05, 4.69) is 4.98 Å². The Morgan fingerprint density at radius 3 is 2.77 bits per heavy atom. The molecular formula is C21H19FN2O2. The Bertz CT molecular complexity index is 1000. The highest BCUT2D eigenvalue weighted by Gasteiger charge is 2.32. The van der Waals surface area contributed by atoms with Gasteiger partial charge in [0.15, 0.2) is 0 Å². The van der Waals surface area contributed by atoms with Gasteiger partial charge in [0.25, 0.3) is 0 Å². The molecule has 1 atom stereocenters. The summed E-state index contributed by atoms with van der Waals surface area (Å²) in [6, 6.07) is 12.0. The molecule has 0 bridgehead atoms. The molecular weight excluding hydrogens is 331 g/mol. The Hall–Kier alpha value is -2.95. The molecule has 0 spiro atoms. The van der Waals surface area contributed by atoms with E-state index in [1.165, 1.54) is 6.07 Å². The van der Waals surface area contributed by atoms with E-state index in [4.69, 9.17) is 0 Å². The number of aliphatic carboxylic acids is 1. The average molecular weight is 350 g/mol. The zero-order chi connectivity index (χ0) is 18.3. The first kappa shape index (κ1) is 16.5. The van der Waals surface area contributed by atoms with Gasteiger partial charge in [-0.2, -0.15) is 0 Å². The van der Waals surface area contributed by atoms with E-state index in [0.29, 0.717) is 29.9 Å². The molecule has 5 heteroatoms. The van der Waals surface area contributed by atoms with Crippen LogP contribution in [0.3, 0.4) is 0 Å². The molecule has 3 aromatic rings. The third kappa shape index (κ3) is 2.69. The van der Waals surface area contributed by atoms with Crippen molar-refractivity contribution in [3.8, 4) is 11.1 Å². The Kier molecular flexibility index (Phi) is 4.07. The van der Waals surface area contributed by atoms with E-state index in [0.717, 1.165) is 22.8 Å². The van der Waals surface area contributed by atoms with E-state index in [1.807, 2.05) is 30.0 Å². The number of benzene rings is 2. The molecule has 0 amide bonds. The van der Waals surface area contributed by atoms with Crippen molar-refractivity contribution in [3.05, 3.63) is 60.0 Å². The van der Waals surface area contributed by atoms with Crippen molar-refractivity contribution in [1.29, 1.82) is 0 Å². The first-order chi connectivity index (χ1) is 12.6. The first-order valence-corrected chi connectivity index (χ1v) is 8.70. The van der Waals surface area contributed by atoms with Crippen LogP contribution in [0.5, 0.6) is 0 Å². The minimum atomic E-state index is -0.830. The summed E-state index contributed by atoms with van der Waals surface area (Å²) in [5.74, 6) is -0.467. The number of hydrogen-bond acceptors (Lipinski definition) is 3. The normalized spacial score (nSPS) is 17.0. The van der Waals surface area contributed by atoms with Crippen molar-refractivity contribution in [3.63, 3.8) is 0 Å². The summed E-state index contributed by atoms with van der Waals surface area (Å²) >= 11 is 0. The number of halogens is 1. The molecule has 1 aliphatic heterocycles. The number of anilines is 1. The minimum Gasteiger partial charge on any atom is -0.480 e. The summed E-state index contributed by atoms with van der Waals surface area (Å²) in [5.41, 5.74) is 2.27. The fraction of sp³-hybridized carbons (Fsp3) is 0.238. The molecule has 1 aliphatic rings. The number of hydrogen-bond donors (Lipinski definition) is 1. The molecule has 0 radical (unpaired) electrons. The second-order valence-corrected chi connectivity index (χ2v) is 6.71. The summed E-state index contributed by atoms with van der Waals surface area (Å²) in [7, 11) is 0. The summed E-state index contributed by atoms with van der Waals surface area (Å²) in [4.78, 5) is 18.0. The second-order valence-electron chi connectivity index (χ2n) is 6.71. The number of aromatic nitrogens is 1. The van der Waals surface area contributed by atoms with Crippen molar-refractivity contribution in [2.45, 2.75) is 25.8 Å². The molecule has 1 fully saturated rings. The van der Waals surface area contributed by atoms with Crippen LogP contribution < -0.4 is 4.90 Å². The SMILES string of the molecule is Cc1ccc2c(-c3ccccc3F)cnc(N3CCCC3C(=O)O)c2c1. The van der Waals surface area contributed by atoms with Crippen molar-refractivity contribution in [2.75, 3.05) is 11.4 Å². The van der Waals surface area contributed by atoms with E-state index in [-0.39, 0.29) is 5.82 Å². The van der Waals surface area contributed by atoms with Crippen LogP contribution in [-0.2, 0) is 4.79 Å². The minimum absolute atomic E-state index is 0.298. The lowest BCUT2D eigenvalue weighted by Crippen LogP contribution is -2.36. The van der Waals surface area contributed by atoms with Crippen molar-refractivity contribution in [2.24, 2.45) is 0 Å². The number of carbonyl (C=O) groups is 1. The lowest BCUT2D eigenvalue weighted by molar-refractivity contribution is -0.138. The summed E-state index contributed by atoms with van der Waals surface area (Å²) in [6.45, 7) is 2.64. The number of carboxylic acids is 1. The standard InChI is InChI=1S/C21H19FN2O2/c1-13-8-9-14-16(11-13)20(24-10-4-7-19(24)21(25)26)23-12-17(14)15-5-2-3-6-18(15)22/h2-3,5-6,8-9,11-12,19H,4,7,10H2,1H3,(H,25,26). The van der Waals surface area contributed by atoms with E-state index in [1.54, 1.807) is 24.4 Å². The predicted molar refractivity (Wildman–Crippen MR) is 99.9 cm³/mol. The highest BCUT2D eigenvalue weighted by molar-refractivity contribution is 6.03. The lowest BCUT2D eigenvalue weighted by Gasteiger charge is -2.25. The fourth-order valence-corrected chi connectivity index (χ4v) is 3.74. The Labute approximate surface area is 150 Å². The smallest absolute Gasteiger partial charge is 0.326 e. The molecule has 2 aromatic carbocycles. The third-order valence-corrected chi connectivity index (χ3v) is 5.00. The molecule has 0 saturated carbocycles. The van der Waals surface area contributed by atoms with Gasteiger partial charge < -0.3 is 10.0 Å². The van der Waals surface area contributed by atoms with Crippen molar-refractivity contribution >= 4 is 22.6 Å². The molecule has 0 aliphatic carbocycles. The van der Waals surface area contributed by atoms with Crippen LogP contribution in [0, 0.1) is 12.7 Å². The summed E-state index contributed by atoms with van der Waals surface area (Å²) in [6.07, 6.45) is 3.09. The maximum Gasteiger partial charge on any atom is 0.326 e. The van der Waals surface area contributed by atoms with Crippen LogP contribution in [0.25, 0.3) is 21.9 Å². The highest BCUT2D eigenvalue weighted by atomic mass is 19.1. The Morgan fingerprint density at radius 2 is 2.00 bits per heavy atom. The largest absolute Gasteiger partial charge is 0.480 e. The zero-order valence-corrected chi connectivity index (χ0v) is 14.4. The number of pyridine rings is 1. The third-order valence-electron chi connectivity index (χ3n) is 5.00. The second kappa shape index (κ2) is 6.41. The summed E-state index contributed by atoms with van der Waals surface area (Å²) in [5, 5.41) is 11.3. The van der Waals surface area contributed by atoms with Gasteiger partial charge in [-0.05, 0) is 37.3 Å². The van der Waals surface area contributed by atoms with Gasteiger partial charge in [-0.25, -0.2) is 14.2 Å². The zero-order valence-electron chi connectivity index (χ0n) is 14.4. The van der Waals surface area contributed by atoms with E-state index < -0.39 is 12.0 Å². The maximum atomic E-state index is 14.3. The van der Waals surface area contributed by atoms with Crippen LogP contribution in [0.2, 0.25) is 0 Å². The molecule has 1 saturated heterocycles. The number of rotatable bonds is 3. The maximum absolute atomic E-state index is 14.3. The van der Waals surface area contributed by atoms with E-state index in [9.17, 15) is 14.3 Å². The van der Waals surface area contributed by atoms with Gasteiger partial charge in [0.2, 0.25) is 0 Å². The van der Waals surface area contributed by atoms with Gasteiger partial charge in [-0.1, -0.05) is 35.9 Å². The molecule has 2 heterocycles. The van der Waals surface area contributed by atoms with E-state index >= 15 is 0 Å². The van der Waals surface area contributed by atoms with Gasteiger partial charge in [0.1, 0.15) is 17.7 Å². The average Bonchev–Trinajstić information content (AvgIpc) is 3.11. The Balaban J connectivity index is 1.95. The molecule has 4 rings (SSSR count). The number of fused-ring (bicyclic) bond motifs is 1. The van der Waals surface area contributed by atoms with Gasteiger partial charge >= 0.3 is 5.97 Å². The Morgan fingerprint density at radius 1 is 1.19 bits per heavy atom. The van der Waals surface area contributed by atoms with Crippen molar-refractivity contribution in [1.82, 2.24) is 4.98 Å². The fourth-order valence-electron chi connectivity index (χ4n) is 3.74. The summed E-state index contributed by atoms with van der Waals surface area (Å²) < 4.78 is 14.3. The van der Waals surface area contributed by atoms with Gasteiger partial charge in [-0.15, -0.1) is 0 Å². The molecule has 1 aromatic heterocycles. The number of aryl methyl sites for hydroxylation is 1. The van der Waals surface area contributed by atoms with Gasteiger partial charge in [-0.3, -0.25) is 0 Å². The van der Waals surface area contributed by atoms with Crippen LogP contribution in [0.1, 0.15) is 18.4 Å². The number of carboxylic acid groups (broad SMARTS) is 1. The van der Waals surface area contributed by atoms with Gasteiger partial charge in [0, 0.05) is 29.3 Å². The highest BCUT2D eigenvalue weighted by Crippen LogP contribution is 2.37. The first-order valence-electron chi connectivity index (χ1n) is 8.70. The van der Waals surface area contributed by atoms with Gasteiger partial charge in [0.05, 0.1) is 0 Å². The molecule has 26 heavy (non-hydrogen) atoms. The molecule has 1 N–H and O–H groups in total. The van der Waals surface area contributed by atoms with Crippen LogP contribution in [0.4, 0.5) is 10.2 Å². The van der Waals surface area contributed by atoms with Crippen LogP contribution in [-0.4, -0.2) is 28.6 Å². The van der Waals surface area contributed by atoms with Crippen molar-refractivity contribution < 1.29 is 14.3 Å². The molecule has 4 nitrogen and oxygen atoms in total. The lowest BCUT2D eigenvalue weighted by atomic mass is 9.98. The van der Waals surface area contributed by atoms with Crippen LogP contribution in [0.15, 0.2) is 48.7 Å². The molecule has 132 valence electrons. The quantitative estimate of drug-likeness (QED) is 0.760. The monoisotopic (exact) mass is 350 g/mol.